The minimum atomic E-state index is 0.465. The summed E-state index contributed by atoms with van der Waals surface area (Å²) >= 11 is 0. The summed E-state index contributed by atoms with van der Waals surface area (Å²) in [6.07, 6.45) is 1.46. The highest BCUT2D eigenvalue weighted by atomic mass is 16.5. The molecular weight excluding hydrogens is 282 g/mol. The monoisotopic (exact) mass is 303 g/mol. The fourth-order valence-electron chi connectivity index (χ4n) is 1.85. The first-order valence-electron chi connectivity index (χ1n) is 7.07. The van der Waals surface area contributed by atoms with E-state index in [9.17, 15) is 0 Å². The van der Waals surface area contributed by atoms with Crippen LogP contribution in [0.4, 0.5) is 23.0 Å². The van der Waals surface area contributed by atoms with Crippen molar-refractivity contribution in [1.29, 1.82) is 0 Å². The van der Waals surface area contributed by atoms with Crippen molar-refractivity contribution in [1.82, 2.24) is 9.97 Å². The molecule has 2 rings (SSSR count). The van der Waals surface area contributed by atoms with Crippen LogP contribution >= 0.6 is 0 Å². The molecule has 0 aliphatic carbocycles. The van der Waals surface area contributed by atoms with Crippen molar-refractivity contribution in [3.8, 4) is 5.75 Å². The second kappa shape index (κ2) is 8.04. The fraction of sp³-hybridized carbons (Fsp3) is 0.333. The van der Waals surface area contributed by atoms with Crippen LogP contribution in [0.15, 0.2) is 30.6 Å². The molecule has 0 unspecified atom stereocenters. The van der Waals surface area contributed by atoms with Crippen LogP contribution in [0.5, 0.6) is 5.75 Å². The molecule has 0 saturated carbocycles. The number of nitrogens with zero attached hydrogens (tertiary/aromatic N) is 2. The summed E-state index contributed by atoms with van der Waals surface area (Å²) in [6, 6.07) is 7.59. The van der Waals surface area contributed by atoms with Crippen LogP contribution in [0.1, 0.15) is 6.92 Å². The van der Waals surface area contributed by atoms with Gasteiger partial charge in [0, 0.05) is 19.3 Å². The van der Waals surface area contributed by atoms with Crippen molar-refractivity contribution in [2.75, 3.05) is 43.2 Å². The fourth-order valence-corrected chi connectivity index (χ4v) is 1.85. The lowest BCUT2D eigenvalue weighted by atomic mass is 10.3. The van der Waals surface area contributed by atoms with Crippen molar-refractivity contribution in [3.63, 3.8) is 0 Å². The Morgan fingerprint density at radius 1 is 1.14 bits per heavy atom. The summed E-state index contributed by atoms with van der Waals surface area (Å²) in [4.78, 5) is 8.30. The number of rotatable bonds is 8. The molecule has 0 spiro atoms. The Hall–Kier alpha value is -2.54. The van der Waals surface area contributed by atoms with Gasteiger partial charge in [-0.2, -0.15) is 0 Å². The third-order valence-corrected chi connectivity index (χ3v) is 2.91. The third kappa shape index (κ3) is 4.23. The van der Waals surface area contributed by atoms with E-state index in [1.165, 1.54) is 6.33 Å². The first-order chi connectivity index (χ1) is 10.7. The Labute approximate surface area is 129 Å². The zero-order valence-electron chi connectivity index (χ0n) is 12.8. The van der Waals surface area contributed by atoms with Gasteiger partial charge in [-0.1, -0.05) is 0 Å². The highest BCUT2D eigenvalue weighted by molar-refractivity contribution is 5.77. The molecule has 0 bridgehead atoms. The zero-order valence-corrected chi connectivity index (χ0v) is 12.8. The maximum atomic E-state index is 6.08. The molecule has 4 N–H and O–H groups in total. The Kier molecular flexibility index (Phi) is 5.79. The molecule has 2 aromatic rings. The van der Waals surface area contributed by atoms with Crippen molar-refractivity contribution in [3.05, 3.63) is 30.6 Å². The SMILES string of the molecule is CCOc1ccc(Nc2ncnc(NCCOC)c2N)cc1. The lowest BCUT2D eigenvalue weighted by Gasteiger charge is -2.12. The van der Waals surface area contributed by atoms with E-state index in [2.05, 4.69) is 20.6 Å². The van der Waals surface area contributed by atoms with Gasteiger partial charge in [0.2, 0.25) is 0 Å². The highest BCUT2D eigenvalue weighted by Crippen LogP contribution is 2.26. The summed E-state index contributed by atoms with van der Waals surface area (Å²) in [5.41, 5.74) is 7.41. The summed E-state index contributed by atoms with van der Waals surface area (Å²) in [7, 11) is 1.64. The topological polar surface area (TPSA) is 94.3 Å². The molecule has 0 saturated heterocycles. The van der Waals surface area contributed by atoms with Crippen LogP contribution in [0.25, 0.3) is 0 Å². The second-order valence-corrected chi connectivity index (χ2v) is 4.49. The van der Waals surface area contributed by atoms with Gasteiger partial charge in [0.25, 0.3) is 0 Å². The summed E-state index contributed by atoms with van der Waals surface area (Å²) in [5, 5.41) is 6.27. The van der Waals surface area contributed by atoms with Crippen LogP contribution in [-0.4, -0.2) is 36.8 Å². The molecule has 1 aromatic carbocycles. The van der Waals surface area contributed by atoms with Crippen LogP contribution in [-0.2, 0) is 4.74 Å². The number of nitrogen functional groups attached to an aromatic ring is 1. The molecule has 0 atom stereocenters. The highest BCUT2D eigenvalue weighted by Gasteiger charge is 2.08. The van der Waals surface area contributed by atoms with E-state index in [0.717, 1.165) is 11.4 Å². The summed E-state index contributed by atoms with van der Waals surface area (Å²) in [6.45, 7) is 3.79. The minimum absolute atomic E-state index is 0.465. The molecule has 1 heterocycles. The maximum Gasteiger partial charge on any atom is 0.159 e. The number of nitrogens with one attached hydrogen (secondary N) is 2. The molecule has 7 heteroatoms. The lowest BCUT2D eigenvalue weighted by molar-refractivity contribution is 0.210. The van der Waals surface area contributed by atoms with Crippen LogP contribution in [0.2, 0.25) is 0 Å². The number of hydrogen-bond acceptors (Lipinski definition) is 7. The second-order valence-electron chi connectivity index (χ2n) is 4.49. The molecule has 0 amide bonds. The lowest BCUT2D eigenvalue weighted by Crippen LogP contribution is -2.12. The number of aromatic nitrogens is 2. The predicted octanol–water partition coefficient (Wildman–Crippen LogP) is 2.26. The first kappa shape index (κ1) is 15.8. The average molecular weight is 303 g/mol. The summed E-state index contributed by atoms with van der Waals surface area (Å²) in [5.74, 6) is 1.96. The number of ether oxygens (including phenoxy) is 2. The smallest absolute Gasteiger partial charge is 0.159 e. The van der Waals surface area contributed by atoms with Gasteiger partial charge in [0.05, 0.1) is 13.2 Å². The number of benzene rings is 1. The van der Waals surface area contributed by atoms with Gasteiger partial charge < -0.3 is 25.8 Å². The van der Waals surface area contributed by atoms with Gasteiger partial charge in [-0.3, -0.25) is 0 Å². The Morgan fingerprint density at radius 2 is 1.86 bits per heavy atom. The average Bonchev–Trinajstić information content (AvgIpc) is 2.53. The van der Waals surface area contributed by atoms with E-state index < -0.39 is 0 Å². The molecule has 0 fully saturated rings. The Morgan fingerprint density at radius 3 is 2.55 bits per heavy atom. The van der Waals surface area contributed by atoms with Crippen molar-refractivity contribution < 1.29 is 9.47 Å². The van der Waals surface area contributed by atoms with Crippen LogP contribution in [0.3, 0.4) is 0 Å². The Balaban J connectivity index is 2.07. The molecule has 1 aromatic heterocycles. The van der Waals surface area contributed by atoms with Crippen LogP contribution < -0.4 is 21.1 Å². The number of hydrogen-bond donors (Lipinski definition) is 3. The van der Waals surface area contributed by atoms with E-state index in [0.29, 0.717) is 37.1 Å². The standard InChI is InChI=1S/C15H21N5O2/c1-3-22-12-6-4-11(5-7-12)20-15-13(16)14(18-10-19-15)17-8-9-21-2/h4-7,10H,3,8-9,16H2,1-2H3,(H2,17,18,19,20). The number of anilines is 4. The number of methoxy groups -OCH3 is 1. The maximum absolute atomic E-state index is 6.08. The van der Waals surface area contributed by atoms with Gasteiger partial charge in [-0.05, 0) is 31.2 Å². The number of nitrogens with two attached hydrogens (primary N) is 1. The van der Waals surface area contributed by atoms with E-state index in [1.54, 1.807) is 7.11 Å². The van der Waals surface area contributed by atoms with Gasteiger partial charge in [0.1, 0.15) is 17.8 Å². The zero-order chi connectivity index (χ0) is 15.8. The molecule has 22 heavy (non-hydrogen) atoms. The summed E-state index contributed by atoms with van der Waals surface area (Å²) < 4.78 is 10.4. The van der Waals surface area contributed by atoms with E-state index in [-0.39, 0.29) is 0 Å². The van der Waals surface area contributed by atoms with E-state index >= 15 is 0 Å². The normalized spacial score (nSPS) is 10.3. The van der Waals surface area contributed by atoms with E-state index in [1.807, 2.05) is 31.2 Å². The Bertz CT molecular complexity index is 589. The minimum Gasteiger partial charge on any atom is -0.494 e. The van der Waals surface area contributed by atoms with Gasteiger partial charge >= 0.3 is 0 Å². The molecule has 118 valence electrons. The molecule has 0 aliphatic heterocycles. The molecule has 7 nitrogen and oxygen atoms in total. The largest absolute Gasteiger partial charge is 0.494 e. The van der Waals surface area contributed by atoms with Gasteiger partial charge in [-0.15, -0.1) is 0 Å². The third-order valence-electron chi connectivity index (χ3n) is 2.91. The first-order valence-corrected chi connectivity index (χ1v) is 7.07. The molecular formula is C15H21N5O2. The van der Waals surface area contributed by atoms with Crippen molar-refractivity contribution >= 4 is 23.0 Å². The van der Waals surface area contributed by atoms with Crippen molar-refractivity contribution in [2.45, 2.75) is 6.92 Å². The molecule has 0 aliphatic rings. The van der Waals surface area contributed by atoms with E-state index in [4.69, 9.17) is 15.2 Å². The van der Waals surface area contributed by atoms with Gasteiger partial charge in [-0.25, -0.2) is 9.97 Å². The van der Waals surface area contributed by atoms with Crippen LogP contribution in [0, 0.1) is 0 Å². The quantitative estimate of drug-likeness (QED) is 0.644. The molecule has 0 radical (unpaired) electrons. The van der Waals surface area contributed by atoms with Crippen molar-refractivity contribution in [2.24, 2.45) is 0 Å². The predicted molar refractivity (Wildman–Crippen MR) is 87.7 cm³/mol. The van der Waals surface area contributed by atoms with Gasteiger partial charge in [0.15, 0.2) is 11.6 Å².